The zero-order chi connectivity index (χ0) is 20.4. The van der Waals surface area contributed by atoms with Crippen molar-refractivity contribution in [1.29, 1.82) is 0 Å². The maximum Gasteiger partial charge on any atom is 0.253 e. The van der Waals surface area contributed by atoms with Gasteiger partial charge in [-0.2, -0.15) is 4.98 Å². The number of carbonyl (C=O) groups is 1. The van der Waals surface area contributed by atoms with Crippen LogP contribution in [0.4, 0.5) is 5.13 Å². The second-order valence-corrected chi connectivity index (χ2v) is 8.16. The molecule has 1 amide bonds. The summed E-state index contributed by atoms with van der Waals surface area (Å²) < 4.78 is 1.75. The second-order valence-electron chi connectivity index (χ2n) is 6.52. The van der Waals surface area contributed by atoms with Gasteiger partial charge >= 0.3 is 0 Å². The molecule has 0 bridgehead atoms. The van der Waals surface area contributed by atoms with Crippen LogP contribution in [0.3, 0.4) is 0 Å². The molecular weight excluding hydrogens is 404 g/mol. The van der Waals surface area contributed by atoms with Gasteiger partial charge in [0.2, 0.25) is 11.1 Å². The topological polar surface area (TPSA) is 85.1 Å². The number of rotatable bonds is 6. The molecule has 148 valence electrons. The SMILES string of the molecule is CSc1nc2nc(C)c(CCC(=O)Nc3nc(-c4ccccc4)cs3)c(C)n2n1. The Morgan fingerprint density at radius 2 is 1.97 bits per heavy atom. The Hall–Kier alpha value is -2.78. The molecule has 3 heterocycles. The summed E-state index contributed by atoms with van der Waals surface area (Å²) in [6.07, 6.45) is 2.86. The molecule has 1 aromatic carbocycles. The van der Waals surface area contributed by atoms with E-state index < -0.39 is 0 Å². The van der Waals surface area contributed by atoms with Gasteiger partial charge in [-0.3, -0.25) is 4.79 Å². The fraction of sp³-hybridized carbons (Fsp3) is 0.250. The highest BCUT2D eigenvalue weighted by Gasteiger charge is 2.15. The number of anilines is 1. The largest absolute Gasteiger partial charge is 0.302 e. The number of nitrogens with zero attached hydrogens (tertiary/aromatic N) is 5. The van der Waals surface area contributed by atoms with Crippen molar-refractivity contribution in [1.82, 2.24) is 24.6 Å². The first kappa shape index (κ1) is 19.5. The Kier molecular flexibility index (Phi) is 5.59. The molecular formula is C20H20N6OS2. The van der Waals surface area contributed by atoms with E-state index >= 15 is 0 Å². The van der Waals surface area contributed by atoms with Crippen LogP contribution in [0, 0.1) is 13.8 Å². The van der Waals surface area contributed by atoms with E-state index in [1.165, 1.54) is 23.1 Å². The lowest BCUT2D eigenvalue weighted by Gasteiger charge is -2.10. The van der Waals surface area contributed by atoms with Gasteiger partial charge in [0.05, 0.1) is 5.69 Å². The van der Waals surface area contributed by atoms with Gasteiger partial charge in [-0.05, 0) is 32.1 Å². The summed E-state index contributed by atoms with van der Waals surface area (Å²) in [5, 5.41) is 10.6. The van der Waals surface area contributed by atoms with Crippen LogP contribution in [0.25, 0.3) is 17.0 Å². The molecule has 0 spiro atoms. The summed E-state index contributed by atoms with van der Waals surface area (Å²) in [6.45, 7) is 3.93. The molecule has 0 unspecified atom stereocenters. The predicted octanol–water partition coefficient (Wildman–Crippen LogP) is 4.16. The van der Waals surface area contributed by atoms with Gasteiger partial charge < -0.3 is 5.32 Å². The Labute approximate surface area is 176 Å². The van der Waals surface area contributed by atoms with Gasteiger partial charge in [-0.1, -0.05) is 42.1 Å². The zero-order valence-electron chi connectivity index (χ0n) is 16.3. The monoisotopic (exact) mass is 424 g/mol. The number of amides is 1. The van der Waals surface area contributed by atoms with Crippen molar-refractivity contribution in [2.45, 2.75) is 31.8 Å². The second kappa shape index (κ2) is 8.30. The van der Waals surface area contributed by atoms with Crippen LogP contribution in [-0.4, -0.2) is 36.7 Å². The smallest absolute Gasteiger partial charge is 0.253 e. The molecule has 9 heteroatoms. The van der Waals surface area contributed by atoms with Gasteiger partial charge in [-0.25, -0.2) is 14.5 Å². The molecule has 0 aliphatic heterocycles. The van der Waals surface area contributed by atoms with E-state index in [0.717, 1.165) is 28.2 Å². The van der Waals surface area contributed by atoms with Crippen molar-refractivity contribution in [3.8, 4) is 11.3 Å². The van der Waals surface area contributed by atoms with E-state index in [2.05, 4.69) is 25.4 Å². The van der Waals surface area contributed by atoms with Gasteiger partial charge in [0.15, 0.2) is 5.13 Å². The molecule has 1 N–H and O–H groups in total. The van der Waals surface area contributed by atoms with E-state index in [1.54, 1.807) is 4.52 Å². The Morgan fingerprint density at radius 3 is 2.72 bits per heavy atom. The Morgan fingerprint density at radius 1 is 1.17 bits per heavy atom. The van der Waals surface area contributed by atoms with Crippen LogP contribution >= 0.6 is 23.1 Å². The molecule has 0 aliphatic rings. The van der Waals surface area contributed by atoms with Gasteiger partial charge in [-0.15, -0.1) is 16.4 Å². The van der Waals surface area contributed by atoms with Crippen LogP contribution < -0.4 is 5.32 Å². The molecule has 4 rings (SSSR count). The van der Waals surface area contributed by atoms with E-state index in [1.807, 2.05) is 55.8 Å². The minimum Gasteiger partial charge on any atom is -0.302 e. The lowest BCUT2D eigenvalue weighted by molar-refractivity contribution is -0.116. The van der Waals surface area contributed by atoms with Gasteiger partial charge in [0.1, 0.15) is 0 Å². The number of nitrogens with one attached hydrogen (secondary N) is 1. The Bertz CT molecular complexity index is 1170. The fourth-order valence-corrected chi connectivity index (χ4v) is 4.20. The first-order valence-corrected chi connectivity index (χ1v) is 11.2. The highest BCUT2D eigenvalue weighted by molar-refractivity contribution is 7.98. The highest BCUT2D eigenvalue weighted by Crippen LogP contribution is 2.25. The summed E-state index contributed by atoms with van der Waals surface area (Å²) in [6, 6.07) is 9.92. The number of aromatic nitrogens is 5. The number of thiazole rings is 1. The average molecular weight is 425 g/mol. The van der Waals surface area contributed by atoms with E-state index in [-0.39, 0.29) is 5.91 Å². The number of fused-ring (bicyclic) bond motifs is 1. The molecule has 7 nitrogen and oxygen atoms in total. The lowest BCUT2D eigenvalue weighted by Crippen LogP contribution is -2.14. The van der Waals surface area contributed by atoms with Crippen molar-refractivity contribution >= 4 is 39.9 Å². The molecule has 3 aromatic heterocycles. The van der Waals surface area contributed by atoms with Crippen molar-refractivity contribution in [2.24, 2.45) is 0 Å². The number of carbonyl (C=O) groups excluding carboxylic acids is 1. The van der Waals surface area contributed by atoms with Crippen molar-refractivity contribution in [3.63, 3.8) is 0 Å². The molecule has 29 heavy (non-hydrogen) atoms. The van der Waals surface area contributed by atoms with Gasteiger partial charge in [0.25, 0.3) is 5.78 Å². The number of benzene rings is 1. The standard InChI is InChI=1S/C20H20N6OS2/c1-12-15(13(2)26-18(21-12)24-20(25-26)28-3)9-10-17(27)23-19-22-16(11-29-19)14-7-5-4-6-8-14/h4-8,11H,9-10H2,1-3H3,(H,22,23,27). The summed E-state index contributed by atoms with van der Waals surface area (Å²) in [7, 11) is 0. The quantitative estimate of drug-likeness (QED) is 0.468. The zero-order valence-corrected chi connectivity index (χ0v) is 18.0. The molecule has 0 saturated heterocycles. The minimum absolute atomic E-state index is 0.0683. The van der Waals surface area contributed by atoms with Crippen LogP contribution in [0.1, 0.15) is 23.4 Å². The van der Waals surface area contributed by atoms with Crippen molar-refractivity contribution < 1.29 is 4.79 Å². The normalized spacial score (nSPS) is 11.1. The number of hydrogen-bond donors (Lipinski definition) is 1. The van der Waals surface area contributed by atoms with Gasteiger partial charge in [0, 0.05) is 28.8 Å². The van der Waals surface area contributed by atoms with Crippen molar-refractivity contribution in [2.75, 3.05) is 11.6 Å². The molecule has 0 fully saturated rings. The van der Waals surface area contributed by atoms with Crippen molar-refractivity contribution in [3.05, 3.63) is 52.7 Å². The summed E-state index contributed by atoms with van der Waals surface area (Å²) in [5.74, 6) is 0.523. The Balaban J connectivity index is 1.44. The summed E-state index contributed by atoms with van der Waals surface area (Å²) in [5.41, 5.74) is 4.77. The number of aryl methyl sites for hydroxylation is 2. The third-order valence-electron chi connectivity index (χ3n) is 4.63. The number of thioether (sulfide) groups is 1. The first-order chi connectivity index (χ1) is 14.0. The first-order valence-electron chi connectivity index (χ1n) is 9.13. The molecule has 0 radical (unpaired) electrons. The maximum atomic E-state index is 12.5. The van der Waals surface area contributed by atoms with Crippen LogP contribution in [0.15, 0.2) is 40.9 Å². The van der Waals surface area contributed by atoms with Crippen LogP contribution in [0.2, 0.25) is 0 Å². The molecule has 4 aromatic rings. The third-order valence-corrected chi connectivity index (χ3v) is 5.93. The predicted molar refractivity (Wildman–Crippen MR) is 117 cm³/mol. The summed E-state index contributed by atoms with van der Waals surface area (Å²) in [4.78, 5) is 25.9. The fourth-order valence-electron chi connectivity index (χ4n) is 3.13. The third kappa shape index (κ3) is 4.15. The van der Waals surface area contributed by atoms with E-state index in [4.69, 9.17) is 0 Å². The summed E-state index contributed by atoms with van der Waals surface area (Å²) >= 11 is 2.91. The average Bonchev–Trinajstić information content (AvgIpc) is 3.35. The lowest BCUT2D eigenvalue weighted by atomic mass is 10.1. The van der Waals surface area contributed by atoms with E-state index in [9.17, 15) is 4.79 Å². The number of hydrogen-bond acceptors (Lipinski definition) is 7. The van der Waals surface area contributed by atoms with E-state index in [0.29, 0.717) is 28.9 Å². The molecule has 0 aliphatic carbocycles. The van der Waals surface area contributed by atoms with Crippen LogP contribution in [-0.2, 0) is 11.2 Å². The maximum absolute atomic E-state index is 12.5. The molecule has 0 saturated carbocycles. The highest BCUT2D eigenvalue weighted by atomic mass is 32.2. The van der Waals surface area contributed by atoms with Crippen LogP contribution in [0.5, 0.6) is 0 Å². The molecule has 0 atom stereocenters. The minimum atomic E-state index is -0.0683.